The van der Waals surface area contributed by atoms with Crippen molar-refractivity contribution in [2.45, 2.75) is 26.0 Å². The fourth-order valence-electron chi connectivity index (χ4n) is 3.01. The third-order valence-electron chi connectivity index (χ3n) is 4.29. The van der Waals surface area contributed by atoms with Crippen molar-refractivity contribution in [3.63, 3.8) is 0 Å². The second-order valence-corrected chi connectivity index (χ2v) is 6.28. The molecule has 0 aromatic heterocycles. The van der Waals surface area contributed by atoms with Crippen LogP contribution < -0.4 is 15.4 Å². The van der Waals surface area contributed by atoms with Crippen LogP contribution in [0.25, 0.3) is 0 Å². The molecule has 6 heteroatoms. The molecule has 0 fully saturated rings. The van der Waals surface area contributed by atoms with Crippen LogP contribution in [0.3, 0.4) is 0 Å². The zero-order valence-corrected chi connectivity index (χ0v) is 15.6. The monoisotopic (exact) mass is 370 g/mol. The fourth-order valence-corrected chi connectivity index (χ4v) is 3.01. The maximum atomic E-state index is 12.4. The first kappa shape index (κ1) is 19.2. The Kier molecular flexibility index (Phi) is 7.07. The zero-order chi connectivity index (χ0) is 18.9. The number of hydrogen-bond donors (Lipinski definition) is 2. The summed E-state index contributed by atoms with van der Waals surface area (Å²) in [7, 11) is 0. The molecule has 2 N–H and O–H groups in total. The molecule has 0 spiro atoms. The van der Waals surface area contributed by atoms with Crippen molar-refractivity contribution in [2.24, 2.45) is 0 Å². The summed E-state index contributed by atoms with van der Waals surface area (Å²) in [6.45, 7) is 4.86. The van der Waals surface area contributed by atoms with E-state index in [0.29, 0.717) is 33.0 Å². The summed E-state index contributed by atoms with van der Waals surface area (Å²) in [6, 6.07) is 15.2. The van der Waals surface area contributed by atoms with Crippen LogP contribution in [0.4, 0.5) is 10.5 Å². The topological polar surface area (TPSA) is 68.8 Å². The van der Waals surface area contributed by atoms with Crippen LogP contribution >= 0.6 is 0 Å². The van der Waals surface area contributed by atoms with Gasteiger partial charge in [-0.2, -0.15) is 0 Å². The summed E-state index contributed by atoms with van der Waals surface area (Å²) < 4.78 is 16.5. The molecule has 1 aliphatic rings. The van der Waals surface area contributed by atoms with E-state index < -0.39 is 0 Å². The minimum atomic E-state index is -0.230. The Balaban J connectivity index is 1.52. The van der Waals surface area contributed by atoms with Crippen molar-refractivity contribution in [3.8, 4) is 5.75 Å². The van der Waals surface area contributed by atoms with Crippen molar-refractivity contribution in [2.75, 3.05) is 31.7 Å². The lowest BCUT2D eigenvalue weighted by molar-refractivity contribution is 0.0453. The predicted molar refractivity (Wildman–Crippen MR) is 104 cm³/mol. The number of amides is 2. The van der Waals surface area contributed by atoms with Gasteiger partial charge >= 0.3 is 6.03 Å². The van der Waals surface area contributed by atoms with E-state index in [1.165, 1.54) is 0 Å². The number of hydrogen-bond acceptors (Lipinski definition) is 4. The first-order valence-electron chi connectivity index (χ1n) is 9.30. The van der Waals surface area contributed by atoms with Crippen molar-refractivity contribution in [3.05, 3.63) is 59.7 Å². The lowest BCUT2D eigenvalue weighted by Crippen LogP contribution is -2.35. The molecule has 0 radical (unpaired) electrons. The maximum absolute atomic E-state index is 12.4. The number of anilines is 1. The molecule has 144 valence electrons. The highest BCUT2D eigenvalue weighted by atomic mass is 16.5. The van der Waals surface area contributed by atoms with Crippen molar-refractivity contribution < 1.29 is 19.0 Å². The van der Waals surface area contributed by atoms with Gasteiger partial charge in [0.05, 0.1) is 32.5 Å². The molecule has 2 amide bonds. The van der Waals surface area contributed by atoms with Crippen LogP contribution in [0.5, 0.6) is 5.75 Å². The van der Waals surface area contributed by atoms with Gasteiger partial charge in [0.25, 0.3) is 0 Å². The third-order valence-corrected chi connectivity index (χ3v) is 4.29. The van der Waals surface area contributed by atoms with Crippen LogP contribution in [0.15, 0.2) is 48.5 Å². The lowest BCUT2D eigenvalue weighted by atomic mass is 10.0. The van der Waals surface area contributed by atoms with Gasteiger partial charge in [0.1, 0.15) is 5.75 Å². The summed E-state index contributed by atoms with van der Waals surface area (Å²) >= 11 is 0. The second kappa shape index (κ2) is 9.94. The van der Waals surface area contributed by atoms with E-state index in [9.17, 15) is 4.79 Å². The highest BCUT2D eigenvalue weighted by Crippen LogP contribution is 2.31. The Hall–Kier alpha value is -2.57. The first-order valence-corrected chi connectivity index (χ1v) is 9.30. The van der Waals surface area contributed by atoms with Crippen LogP contribution in [0, 0.1) is 0 Å². The molecule has 1 aliphatic heterocycles. The number of carbonyl (C=O) groups is 1. The molecular formula is C21H26N2O4. The normalized spacial score (nSPS) is 15.5. The fraction of sp³-hybridized carbons (Fsp3) is 0.381. The number of urea groups is 1. The van der Waals surface area contributed by atoms with E-state index >= 15 is 0 Å². The highest BCUT2D eigenvalue weighted by molar-refractivity contribution is 5.89. The Bertz CT molecular complexity index is 750. The number of benzene rings is 2. The van der Waals surface area contributed by atoms with Gasteiger partial charge in [-0.15, -0.1) is 0 Å². The summed E-state index contributed by atoms with van der Waals surface area (Å²) in [5.41, 5.74) is 2.75. The van der Waals surface area contributed by atoms with Crippen LogP contribution in [-0.4, -0.2) is 32.5 Å². The number of nitrogens with one attached hydrogen (secondary N) is 2. The Labute approximate surface area is 159 Å². The van der Waals surface area contributed by atoms with Gasteiger partial charge < -0.3 is 24.8 Å². The molecule has 1 heterocycles. The molecule has 0 saturated carbocycles. The first-order chi connectivity index (χ1) is 13.3. The molecule has 2 aromatic rings. The van der Waals surface area contributed by atoms with Gasteiger partial charge in [-0.05, 0) is 30.7 Å². The largest absolute Gasteiger partial charge is 0.493 e. The zero-order valence-electron chi connectivity index (χ0n) is 15.6. The number of fused-ring (bicyclic) bond motifs is 1. The Morgan fingerprint density at radius 3 is 2.89 bits per heavy atom. The molecule has 0 saturated heterocycles. The molecule has 0 unspecified atom stereocenters. The Morgan fingerprint density at radius 1 is 1.15 bits per heavy atom. The predicted octanol–water partition coefficient (Wildman–Crippen LogP) is 3.89. The average molecular weight is 370 g/mol. The van der Waals surface area contributed by atoms with Gasteiger partial charge in [0, 0.05) is 24.3 Å². The van der Waals surface area contributed by atoms with Crippen molar-refractivity contribution in [1.82, 2.24) is 5.32 Å². The van der Waals surface area contributed by atoms with Gasteiger partial charge in [0.15, 0.2) is 0 Å². The highest BCUT2D eigenvalue weighted by Gasteiger charge is 2.22. The standard InChI is InChI=1S/C21H26N2O4/c1-2-25-12-13-26-15-16-6-5-7-17(14-16)22-21(24)23-19-10-11-27-20-9-4-3-8-18(19)20/h3-9,14,19H,2,10-13,15H2,1H3,(H2,22,23,24)/t19-/m1/s1. The lowest BCUT2D eigenvalue weighted by Gasteiger charge is -2.26. The van der Waals surface area contributed by atoms with E-state index in [0.717, 1.165) is 29.0 Å². The second-order valence-electron chi connectivity index (χ2n) is 6.28. The summed E-state index contributed by atoms with van der Waals surface area (Å²) in [6.07, 6.45) is 0.748. The number of rotatable bonds is 8. The molecule has 1 atom stereocenters. The summed E-state index contributed by atoms with van der Waals surface area (Å²) in [5, 5.41) is 5.93. The van der Waals surface area contributed by atoms with Gasteiger partial charge in [0.2, 0.25) is 0 Å². The van der Waals surface area contributed by atoms with E-state index in [1.807, 2.05) is 55.5 Å². The molecule has 2 aromatic carbocycles. The number of para-hydroxylation sites is 1. The molecule has 6 nitrogen and oxygen atoms in total. The SMILES string of the molecule is CCOCCOCc1cccc(NC(=O)N[C@@H]2CCOc3ccccc32)c1. The van der Waals surface area contributed by atoms with E-state index in [4.69, 9.17) is 14.2 Å². The molecule has 3 rings (SSSR count). The third kappa shape index (κ3) is 5.70. The molecule has 27 heavy (non-hydrogen) atoms. The summed E-state index contributed by atoms with van der Waals surface area (Å²) in [4.78, 5) is 12.4. The summed E-state index contributed by atoms with van der Waals surface area (Å²) in [5.74, 6) is 0.834. The van der Waals surface area contributed by atoms with Crippen molar-refractivity contribution >= 4 is 11.7 Å². The van der Waals surface area contributed by atoms with Gasteiger partial charge in [-0.1, -0.05) is 30.3 Å². The minimum Gasteiger partial charge on any atom is -0.493 e. The number of carbonyl (C=O) groups excluding carboxylic acids is 1. The Morgan fingerprint density at radius 2 is 2.00 bits per heavy atom. The van der Waals surface area contributed by atoms with Gasteiger partial charge in [-0.25, -0.2) is 4.79 Å². The molecule has 0 aliphatic carbocycles. The van der Waals surface area contributed by atoms with Crippen LogP contribution in [0.1, 0.15) is 30.5 Å². The van der Waals surface area contributed by atoms with Crippen LogP contribution in [0.2, 0.25) is 0 Å². The number of ether oxygens (including phenoxy) is 3. The minimum absolute atomic E-state index is 0.0555. The molecule has 0 bridgehead atoms. The quantitative estimate of drug-likeness (QED) is 0.692. The molecular weight excluding hydrogens is 344 g/mol. The smallest absolute Gasteiger partial charge is 0.319 e. The van der Waals surface area contributed by atoms with E-state index in [2.05, 4.69) is 10.6 Å². The van der Waals surface area contributed by atoms with E-state index in [1.54, 1.807) is 0 Å². The van der Waals surface area contributed by atoms with Gasteiger partial charge in [-0.3, -0.25) is 0 Å². The van der Waals surface area contributed by atoms with E-state index in [-0.39, 0.29) is 12.1 Å². The maximum Gasteiger partial charge on any atom is 0.319 e. The van der Waals surface area contributed by atoms with Crippen molar-refractivity contribution in [1.29, 1.82) is 0 Å². The van der Waals surface area contributed by atoms with Crippen LogP contribution in [-0.2, 0) is 16.1 Å². The average Bonchev–Trinajstić information content (AvgIpc) is 2.68.